The van der Waals surface area contributed by atoms with E-state index in [0.717, 1.165) is 37.9 Å². The van der Waals surface area contributed by atoms with Crippen molar-refractivity contribution < 1.29 is 9.68 Å². The normalized spacial score (nSPS) is 10.3. The Bertz CT molecular complexity index is 725. The van der Waals surface area contributed by atoms with Crippen molar-refractivity contribution in [2.24, 2.45) is 0 Å². The van der Waals surface area contributed by atoms with Gasteiger partial charge in [-0.3, -0.25) is 0 Å². The molecule has 0 aliphatic heterocycles. The third-order valence-corrected chi connectivity index (χ3v) is 4.13. The summed E-state index contributed by atoms with van der Waals surface area (Å²) < 4.78 is 2.06. The number of nitrogens with zero attached hydrogens (tertiary/aromatic N) is 1. The van der Waals surface area contributed by atoms with Crippen LogP contribution in [0, 0.1) is 19.3 Å². The first-order valence-corrected chi connectivity index (χ1v) is 7.98. The number of aryl methyl sites for hydroxylation is 2. The van der Waals surface area contributed by atoms with Crippen LogP contribution in [0.1, 0.15) is 28.7 Å². The lowest BCUT2D eigenvalue weighted by atomic mass is 10.0. The Hall–Kier alpha value is -2.53. The van der Waals surface area contributed by atoms with Crippen LogP contribution in [0.2, 0.25) is 0 Å². The summed E-state index contributed by atoms with van der Waals surface area (Å²) in [5.41, 5.74) is 4.37. The maximum absolute atomic E-state index is 9.96. The molecule has 0 aromatic heterocycles. The first-order valence-electron chi connectivity index (χ1n) is 7.98. The first kappa shape index (κ1) is 16.8. The molecule has 0 aliphatic rings. The van der Waals surface area contributed by atoms with Gasteiger partial charge in [-0.15, -0.1) is 6.42 Å². The smallest absolute Gasteiger partial charge is 0.146 e. The highest BCUT2D eigenvalue weighted by Gasteiger charge is 2.07. The van der Waals surface area contributed by atoms with Crippen LogP contribution >= 0.6 is 0 Å². The number of hydrogen-bond acceptors (Lipinski definition) is 1. The second kappa shape index (κ2) is 8.19. The zero-order chi connectivity index (χ0) is 16.7. The fraction of sp³-hybridized carbons (Fsp3) is 0.286. The fourth-order valence-electron chi connectivity index (χ4n) is 2.64. The molecule has 0 atom stereocenters. The number of aromatic hydroxyl groups is 1. The lowest BCUT2D eigenvalue weighted by Gasteiger charge is -2.07. The second-order valence-electron chi connectivity index (χ2n) is 5.89. The molecule has 2 rings (SSSR count). The van der Waals surface area contributed by atoms with Crippen molar-refractivity contribution in [2.45, 2.75) is 26.2 Å². The van der Waals surface area contributed by atoms with Crippen molar-refractivity contribution in [1.82, 2.24) is 0 Å². The van der Waals surface area contributed by atoms with Crippen molar-refractivity contribution >= 4 is 6.72 Å². The number of rotatable bonds is 7. The standard InChI is InChI=1S/C21H23NO/c1-4-18-11-12-20(21(23)16-18)13-15-22(3)14-7-10-19-9-6-5-8-17(19)2/h1,5-6,8-9,11-12,16H,3,7,10,13-15H2,2H3/p+1. The molecular weight excluding hydrogens is 282 g/mol. The molecule has 0 saturated heterocycles. The lowest BCUT2D eigenvalue weighted by molar-refractivity contribution is -0.519. The van der Waals surface area contributed by atoms with Gasteiger partial charge in [0.1, 0.15) is 25.6 Å². The van der Waals surface area contributed by atoms with Gasteiger partial charge >= 0.3 is 0 Å². The summed E-state index contributed by atoms with van der Waals surface area (Å²) in [6, 6.07) is 13.9. The van der Waals surface area contributed by atoms with Crippen LogP contribution < -0.4 is 0 Å². The van der Waals surface area contributed by atoms with Crippen LogP contribution in [-0.4, -0.2) is 29.5 Å². The fourth-order valence-corrected chi connectivity index (χ4v) is 2.64. The van der Waals surface area contributed by atoms with E-state index < -0.39 is 0 Å². The van der Waals surface area contributed by atoms with Gasteiger partial charge in [0.15, 0.2) is 0 Å². The van der Waals surface area contributed by atoms with Crippen LogP contribution in [-0.2, 0) is 12.8 Å². The molecule has 0 bridgehead atoms. The predicted molar refractivity (Wildman–Crippen MR) is 96.4 cm³/mol. The van der Waals surface area contributed by atoms with E-state index >= 15 is 0 Å². The quantitative estimate of drug-likeness (QED) is 0.472. The van der Waals surface area contributed by atoms with E-state index in [9.17, 15) is 5.11 Å². The molecule has 2 aromatic carbocycles. The minimum absolute atomic E-state index is 0.272. The summed E-state index contributed by atoms with van der Waals surface area (Å²) in [6.07, 6.45) is 8.24. The van der Waals surface area contributed by atoms with Gasteiger partial charge in [-0.05, 0) is 36.6 Å². The van der Waals surface area contributed by atoms with E-state index in [1.165, 1.54) is 11.1 Å². The summed E-state index contributed by atoms with van der Waals surface area (Å²) in [5.74, 6) is 2.80. The van der Waals surface area contributed by atoms with Crippen LogP contribution in [0.3, 0.4) is 0 Å². The van der Waals surface area contributed by atoms with Gasteiger partial charge in [0.25, 0.3) is 0 Å². The van der Waals surface area contributed by atoms with Gasteiger partial charge in [0, 0.05) is 24.0 Å². The van der Waals surface area contributed by atoms with Crippen LogP contribution in [0.15, 0.2) is 42.5 Å². The molecule has 0 radical (unpaired) electrons. The van der Waals surface area contributed by atoms with Crippen molar-refractivity contribution in [3.8, 4) is 18.1 Å². The number of terminal acetylenes is 1. The SMILES string of the molecule is C#Cc1ccc(CC[N+](=C)CCCc2ccccc2C)c(O)c1. The van der Waals surface area contributed by atoms with Crippen molar-refractivity contribution in [3.63, 3.8) is 0 Å². The number of hydrogen-bond donors (Lipinski definition) is 1. The summed E-state index contributed by atoms with van der Waals surface area (Å²) in [6.45, 7) is 8.00. The molecule has 0 heterocycles. The van der Waals surface area contributed by atoms with Gasteiger partial charge in [0.2, 0.25) is 0 Å². The van der Waals surface area contributed by atoms with Crippen LogP contribution in [0.5, 0.6) is 5.75 Å². The molecular formula is C21H24NO+. The van der Waals surface area contributed by atoms with Crippen molar-refractivity contribution in [2.75, 3.05) is 13.1 Å². The van der Waals surface area contributed by atoms with E-state index in [1.54, 1.807) is 6.07 Å². The Labute approximate surface area is 139 Å². The molecule has 2 heteroatoms. The topological polar surface area (TPSA) is 23.2 Å². The Morgan fingerprint density at radius 2 is 1.87 bits per heavy atom. The molecule has 2 nitrogen and oxygen atoms in total. The molecule has 0 spiro atoms. The molecule has 0 fully saturated rings. The highest BCUT2D eigenvalue weighted by atomic mass is 16.3. The Morgan fingerprint density at radius 3 is 2.57 bits per heavy atom. The Morgan fingerprint density at radius 1 is 1.09 bits per heavy atom. The van der Waals surface area contributed by atoms with E-state index in [1.807, 2.05) is 12.1 Å². The maximum atomic E-state index is 9.96. The summed E-state index contributed by atoms with van der Waals surface area (Å²) in [7, 11) is 0. The van der Waals surface area contributed by atoms with Crippen molar-refractivity contribution in [1.29, 1.82) is 0 Å². The Kier molecular flexibility index (Phi) is 6.00. The monoisotopic (exact) mass is 306 g/mol. The van der Waals surface area contributed by atoms with Gasteiger partial charge < -0.3 is 5.11 Å². The number of phenolic OH excluding ortho intramolecular Hbond substituents is 1. The number of phenols is 1. The molecule has 0 aliphatic carbocycles. The molecule has 0 saturated carbocycles. The van der Waals surface area contributed by atoms with Gasteiger partial charge in [-0.1, -0.05) is 36.3 Å². The van der Waals surface area contributed by atoms with E-state index in [0.29, 0.717) is 5.56 Å². The number of benzene rings is 2. The third-order valence-electron chi connectivity index (χ3n) is 4.13. The average Bonchev–Trinajstić information content (AvgIpc) is 2.55. The zero-order valence-corrected chi connectivity index (χ0v) is 13.8. The highest BCUT2D eigenvalue weighted by Crippen LogP contribution is 2.19. The van der Waals surface area contributed by atoms with E-state index in [-0.39, 0.29) is 5.75 Å². The minimum atomic E-state index is 0.272. The zero-order valence-electron chi connectivity index (χ0n) is 13.8. The minimum Gasteiger partial charge on any atom is -0.508 e. The van der Waals surface area contributed by atoms with Crippen LogP contribution in [0.25, 0.3) is 0 Å². The van der Waals surface area contributed by atoms with E-state index in [2.05, 4.69) is 48.4 Å². The maximum Gasteiger partial charge on any atom is 0.146 e. The third kappa shape index (κ3) is 5.00. The molecule has 23 heavy (non-hydrogen) atoms. The molecule has 1 N–H and O–H groups in total. The molecule has 0 unspecified atom stereocenters. The summed E-state index contributed by atoms with van der Waals surface area (Å²) >= 11 is 0. The van der Waals surface area contributed by atoms with Crippen LogP contribution in [0.4, 0.5) is 0 Å². The van der Waals surface area contributed by atoms with Gasteiger partial charge in [-0.2, -0.15) is 0 Å². The Balaban J connectivity index is 1.77. The second-order valence-corrected chi connectivity index (χ2v) is 5.89. The van der Waals surface area contributed by atoms with Gasteiger partial charge in [-0.25, -0.2) is 4.58 Å². The van der Waals surface area contributed by atoms with Gasteiger partial charge in [0.05, 0.1) is 0 Å². The molecule has 118 valence electrons. The van der Waals surface area contributed by atoms with Crippen molar-refractivity contribution in [3.05, 3.63) is 64.7 Å². The van der Waals surface area contributed by atoms with E-state index in [4.69, 9.17) is 6.42 Å². The first-order chi connectivity index (χ1) is 11.1. The summed E-state index contributed by atoms with van der Waals surface area (Å²) in [5, 5.41) is 9.96. The summed E-state index contributed by atoms with van der Waals surface area (Å²) in [4.78, 5) is 0. The predicted octanol–water partition coefficient (Wildman–Crippen LogP) is 3.57. The lowest BCUT2D eigenvalue weighted by Crippen LogP contribution is -2.15. The average molecular weight is 306 g/mol. The molecule has 2 aromatic rings. The molecule has 0 amide bonds. The largest absolute Gasteiger partial charge is 0.508 e. The highest BCUT2D eigenvalue weighted by molar-refractivity contribution is 5.43.